The lowest BCUT2D eigenvalue weighted by molar-refractivity contribution is -0.115. The van der Waals surface area contributed by atoms with Crippen molar-refractivity contribution in [1.29, 1.82) is 0 Å². The number of furan rings is 1. The maximum atomic E-state index is 11.9. The number of rotatable bonds is 4. The number of anilines is 1. The van der Waals surface area contributed by atoms with Crippen molar-refractivity contribution in [2.75, 3.05) is 5.32 Å². The summed E-state index contributed by atoms with van der Waals surface area (Å²) < 4.78 is 5.12. The third kappa shape index (κ3) is 4.20. The fraction of sp³-hybridized carbons (Fsp3) is 0.278. The van der Waals surface area contributed by atoms with E-state index in [9.17, 15) is 9.59 Å². The molecule has 2 aromatic rings. The van der Waals surface area contributed by atoms with Crippen LogP contribution < -0.4 is 16.4 Å². The Balaban J connectivity index is 1.69. The van der Waals surface area contributed by atoms with Gasteiger partial charge in [0.25, 0.3) is 5.91 Å². The van der Waals surface area contributed by atoms with Gasteiger partial charge < -0.3 is 15.5 Å². The van der Waals surface area contributed by atoms with E-state index in [0.717, 1.165) is 29.7 Å². The summed E-state index contributed by atoms with van der Waals surface area (Å²) in [5.74, 6) is 0.268. The highest BCUT2D eigenvalue weighted by atomic mass is 32.1. The molecule has 6 nitrogen and oxygen atoms in total. The Hall–Kier alpha value is -2.45. The van der Waals surface area contributed by atoms with Crippen LogP contribution >= 0.6 is 23.6 Å². The lowest BCUT2D eigenvalue weighted by Gasteiger charge is -2.18. The van der Waals surface area contributed by atoms with Gasteiger partial charge in [-0.2, -0.15) is 0 Å². The highest BCUT2D eigenvalue weighted by Gasteiger charge is 2.26. The van der Waals surface area contributed by atoms with E-state index in [0.29, 0.717) is 22.2 Å². The molecule has 0 bridgehead atoms. The molecule has 2 heterocycles. The Bertz CT molecular complexity index is 869. The third-order valence-electron chi connectivity index (χ3n) is 4.16. The molecule has 4 N–H and O–H groups in total. The molecular formula is C18H19N3O3S2. The molecule has 2 aromatic heterocycles. The summed E-state index contributed by atoms with van der Waals surface area (Å²) in [6, 6.07) is 3.46. The van der Waals surface area contributed by atoms with Gasteiger partial charge in [0.2, 0.25) is 5.91 Å². The van der Waals surface area contributed by atoms with Gasteiger partial charge >= 0.3 is 0 Å². The third-order valence-corrected chi connectivity index (χ3v) is 5.54. The molecule has 2 amide bonds. The average Bonchev–Trinajstić information content (AvgIpc) is 3.19. The van der Waals surface area contributed by atoms with Crippen LogP contribution in [0.25, 0.3) is 6.08 Å². The number of thiocarbonyl (C=S) groups is 1. The van der Waals surface area contributed by atoms with Gasteiger partial charge in [-0.15, -0.1) is 11.3 Å². The molecule has 0 fully saturated rings. The number of fused-ring (bicyclic) bond motifs is 1. The molecule has 1 aliphatic rings. The number of amides is 2. The molecule has 1 atom stereocenters. The molecule has 0 unspecified atom stereocenters. The molecule has 8 heteroatoms. The molecule has 0 saturated carbocycles. The van der Waals surface area contributed by atoms with E-state index in [4.69, 9.17) is 22.4 Å². The SMILES string of the molecule is C[C@@H]1CCc2c(sc(NC(=S)NC(=O)/C=C/c3ccco3)c2C(N)=O)C1. The molecule has 0 spiro atoms. The van der Waals surface area contributed by atoms with Gasteiger partial charge in [0, 0.05) is 11.0 Å². The second-order valence-corrected chi connectivity index (χ2v) is 7.73. The van der Waals surface area contributed by atoms with Crippen LogP contribution in [0.4, 0.5) is 5.00 Å². The molecular weight excluding hydrogens is 370 g/mol. The Labute approximate surface area is 160 Å². The van der Waals surface area contributed by atoms with Crippen molar-refractivity contribution in [1.82, 2.24) is 5.32 Å². The van der Waals surface area contributed by atoms with Crippen LogP contribution in [-0.4, -0.2) is 16.9 Å². The van der Waals surface area contributed by atoms with Crippen LogP contribution in [0.15, 0.2) is 28.9 Å². The summed E-state index contributed by atoms with van der Waals surface area (Å²) in [5, 5.41) is 6.21. The number of nitrogens with two attached hydrogens (primary N) is 1. The molecule has 0 aromatic carbocycles. The van der Waals surface area contributed by atoms with Crippen LogP contribution in [-0.2, 0) is 17.6 Å². The van der Waals surface area contributed by atoms with Gasteiger partial charge in [0.1, 0.15) is 10.8 Å². The highest BCUT2D eigenvalue weighted by Crippen LogP contribution is 2.39. The van der Waals surface area contributed by atoms with Crippen molar-refractivity contribution in [2.24, 2.45) is 11.7 Å². The van der Waals surface area contributed by atoms with Crippen LogP contribution in [0.1, 0.15) is 39.9 Å². The van der Waals surface area contributed by atoms with Gasteiger partial charge in [-0.25, -0.2) is 0 Å². The summed E-state index contributed by atoms with van der Waals surface area (Å²) >= 11 is 6.67. The summed E-state index contributed by atoms with van der Waals surface area (Å²) in [6.07, 6.45) is 7.17. The first-order valence-corrected chi connectivity index (χ1v) is 9.44. The Kier molecular flexibility index (Phi) is 5.53. The van der Waals surface area contributed by atoms with Crippen LogP contribution in [0.3, 0.4) is 0 Å². The summed E-state index contributed by atoms with van der Waals surface area (Å²) in [4.78, 5) is 25.0. The standard InChI is InChI=1S/C18H19N3O3S2/c1-10-4-6-12-13(9-10)26-17(15(12)16(19)23)21-18(25)20-14(22)7-5-11-3-2-8-24-11/h2-3,5,7-8,10H,4,6,9H2,1H3,(H2,19,23)(H2,20,21,22,25)/b7-5+/t10-/m1/s1. The van der Waals surface area contributed by atoms with E-state index >= 15 is 0 Å². The number of carbonyl (C=O) groups is 2. The second-order valence-electron chi connectivity index (χ2n) is 6.21. The predicted molar refractivity (Wildman–Crippen MR) is 106 cm³/mol. The summed E-state index contributed by atoms with van der Waals surface area (Å²) in [6.45, 7) is 2.19. The number of hydrogen-bond donors (Lipinski definition) is 3. The first kappa shape index (κ1) is 18.3. The lowest BCUT2D eigenvalue weighted by atomic mass is 9.88. The number of hydrogen-bond acceptors (Lipinski definition) is 5. The minimum absolute atomic E-state index is 0.119. The predicted octanol–water partition coefficient (Wildman–Crippen LogP) is 3.09. The van der Waals surface area contributed by atoms with Gasteiger partial charge in [-0.1, -0.05) is 6.92 Å². The molecule has 0 radical (unpaired) electrons. The van der Waals surface area contributed by atoms with Crippen molar-refractivity contribution in [3.05, 3.63) is 46.2 Å². The molecule has 1 aliphatic carbocycles. The number of thiophene rings is 1. The number of nitrogens with one attached hydrogen (secondary N) is 2. The molecule has 0 saturated heterocycles. The van der Waals surface area contributed by atoms with Crippen molar-refractivity contribution in [3.63, 3.8) is 0 Å². The van der Waals surface area contributed by atoms with E-state index in [-0.39, 0.29) is 5.11 Å². The maximum Gasteiger partial charge on any atom is 0.251 e. The van der Waals surface area contributed by atoms with Crippen molar-refractivity contribution in [2.45, 2.75) is 26.2 Å². The van der Waals surface area contributed by atoms with Gasteiger partial charge in [0.15, 0.2) is 5.11 Å². The molecule has 26 heavy (non-hydrogen) atoms. The topological polar surface area (TPSA) is 97.4 Å². The fourth-order valence-electron chi connectivity index (χ4n) is 2.93. The quantitative estimate of drug-likeness (QED) is 0.551. The maximum absolute atomic E-state index is 11.9. The van der Waals surface area contributed by atoms with E-state index in [1.165, 1.54) is 29.8 Å². The molecule has 3 rings (SSSR count). The Morgan fingerprint density at radius 2 is 2.27 bits per heavy atom. The monoisotopic (exact) mass is 389 g/mol. The van der Waals surface area contributed by atoms with E-state index in [2.05, 4.69) is 17.6 Å². The highest BCUT2D eigenvalue weighted by molar-refractivity contribution is 7.80. The van der Waals surface area contributed by atoms with Crippen molar-refractivity contribution in [3.8, 4) is 0 Å². The van der Waals surface area contributed by atoms with E-state index in [1.54, 1.807) is 12.1 Å². The van der Waals surface area contributed by atoms with Crippen molar-refractivity contribution < 1.29 is 14.0 Å². The normalized spacial score (nSPS) is 16.3. The zero-order chi connectivity index (χ0) is 18.7. The van der Waals surface area contributed by atoms with Crippen LogP contribution in [0.5, 0.6) is 0 Å². The van der Waals surface area contributed by atoms with E-state index < -0.39 is 11.8 Å². The van der Waals surface area contributed by atoms with Gasteiger partial charge in [-0.3, -0.25) is 14.9 Å². The zero-order valence-corrected chi connectivity index (χ0v) is 15.8. The second kappa shape index (κ2) is 7.84. The first-order chi connectivity index (χ1) is 12.4. The van der Waals surface area contributed by atoms with Crippen LogP contribution in [0.2, 0.25) is 0 Å². The smallest absolute Gasteiger partial charge is 0.251 e. The van der Waals surface area contributed by atoms with Gasteiger partial charge in [-0.05, 0) is 61.2 Å². The largest absolute Gasteiger partial charge is 0.465 e. The fourth-order valence-corrected chi connectivity index (χ4v) is 4.62. The number of carbonyl (C=O) groups excluding carboxylic acids is 2. The zero-order valence-electron chi connectivity index (χ0n) is 14.2. The van der Waals surface area contributed by atoms with E-state index in [1.807, 2.05) is 0 Å². The lowest BCUT2D eigenvalue weighted by Crippen LogP contribution is -2.33. The minimum atomic E-state index is -0.480. The Morgan fingerprint density at radius 1 is 1.46 bits per heavy atom. The number of primary amides is 1. The average molecular weight is 390 g/mol. The minimum Gasteiger partial charge on any atom is -0.465 e. The Morgan fingerprint density at radius 3 is 2.96 bits per heavy atom. The first-order valence-electron chi connectivity index (χ1n) is 8.22. The molecule has 136 valence electrons. The van der Waals surface area contributed by atoms with Crippen LogP contribution in [0, 0.1) is 5.92 Å². The van der Waals surface area contributed by atoms with Gasteiger partial charge in [0.05, 0.1) is 11.8 Å². The summed E-state index contributed by atoms with van der Waals surface area (Å²) in [5.41, 5.74) is 7.07. The molecule has 0 aliphatic heterocycles. The summed E-state index contributed by atoms with van der Waals surface area (Å²) in [7, 11) is 0. The van der Waals surface area contributed by atoms with Crippen molar-refractivity contribution >= 4 is 51.6 Å².